The van der Waals surface area contributed by atoms with Gasteiger partial charge in [-0.2, -0.15) is 10.5 Å². The minimum absolute atomic E-state index is 0.00473. The first-order valence-electron chi connectivity index (χ1n) is 15.9. The molecule has 0 amide bonds. The standard InChI is InChI=1S/C37H43N3O3S/c1-5-7-9-32-33(10-8-6-2)36(18-14-28-19-34(27(20-38)21-39)43-37(28,3)4)44-35(32)17-13-26-11-15-29(16-12-26)40(22-30-24-41-30)23-31-25-42-31/h11-19,30-31H,5-10,22-25H2,1-4H3/b17-13+,18-14+. The number of hydrogen-bond donors (Lipinski definition) is 0. The first kappa shape index (κ1) is 31.8. The molecule has 1 aromatic heterocycles. The fourth-order valence-corrected chi connectivity index (χ4v) is 6.71. The van der Waals surface area contributed by atoms with Crippen LogP contribution in [0.25, 0.3) is 18.2 Å². The lowest BCUT2D eigenvalue weighted by atomic mass is 9.96. The van der Waals surface area contributed by atoms with Crippen molar-refractivity contribution in [1.82, 2.24) is 0 Å². The van der Waals surface area contributed by atoms with E-state index in [0.29, 0.717) is 18.0 Å². The molecule has 2 fully saturated rings. The van der Waals surface area contributed by atoms with Gasteiger partial charge in [-0.1, -0.05) is 51.0 Å². The van der Waals surface area contributed by atoms with Gasteiger partial charge in [-0.25, -0.2) is 0 Å². The van der Waals surface area contributed by atoms with Gasteiger partial charge in [0.2, 0.25) is 0 Å². The maximum Gasteiger partial charge on any atom is 0.171 e. The number of allylic oxidation sites excluding steroid dienone is 2. The van der Waals surface area contributed by atoms with Crippen LogP contribution in [0.2, 0.25) is 0 Å². The predicted molar refractivity (Wildman–Crippen MR) is 179 cm³/mol. The maximum absolute atomic E-state index is 9.34. The molecule has 4 heterocycles. The Morgan fingerprint density at radius 2 is 1.43 bits per heavy atom. The average molecular weight is 610 g/mol. The predicted octanol–water partition coefficient (Wildman–Crippen LogP) is 8.26. The molecule has 0 bridgehead atoms. The van der Waals surface area contributed by atoms with E-state index < -0.39 is 5.60 Å². The van der Waals surface area contributed by atoms with Gasteiger partial charge in [0.1, 0.15) is 23.5 Å². The smallest absolute Gasteiger partial charge is 0.171 e. The second kappa shape index (κ2) is 14.4. The first-order chi connectivity index (χ1) is 21.3. The molecule has 7 heteroatoms. The van der Waals surface area contributed by atoms with Crippen molar-refractivity contribution < 1.29 is 14.2 Å². The number of nitriles is 2. The van der Waals surface area contributed by atoms with E-state index in [9.17, 15) is 10.5 Å². The van der Waals surface area contributed by atoms with E-state index >= 15 is 0 Å². The van der Waals surface area contributed by atoms with E-state index in [0.717, 1.165) is 70.4 Å². The quantitative estimate of drug-likeness (QED) is 0.149. The van der Waals surface area contributed by atoms with Gasteiger partial charge >= 0.3 is 0 Å². The van der Waals surface area contributed by atoms with Gasteiger partial charge in [0.15, 0.2) is 5.57 Å². The van der Waals surface area contributed by atoms with Gasteiger partial charge in [0.25, 0.3) is 0 Å². The number of thiophene rings is 1. The molecule has 3 aliphatic heterocycles. The normalized spacial score (nSPS) is 20.0. The van der Waals surface area contributed by atoms with Crippen LogP contribution >= 0.6 is 11.3 Å². The van der Waals surface area contributed by atoms with Gasteiger partial charge in [-0.15, -0.1) is 11.3 Å². The van der Waals surface area contributed by atoms with Gasteiger partial charge in [-0.3, -0.25) is 0 Å². The van der Waals surface area contributed by atoms with Gasteiger partial charge in [0.05, 0.1) is 25.4 Å². The minimum atomic E-state index is -0.613. The highest BCUT2D eigenvalue weighted by Gasteiger charge is 2.33. The van der Waals surface area contributed by atoms with Gasteiger partial charge in [0, 0.05) is 28.5 Å². The monoisotopic (exact) mass is 609 g/mol. The van der Waals surface area contributed by atoms with Crippen molar-refractivity contribution in [2.75, 3.05) is 31.2 Å². The fourth-order valence-electron chi connectivity index (χ4n) is 5.51. The highest BCUT2D eigenvalue weighted by atomic mass is 32.1. The van der Waals surface area contributed by atoms with Crippen LogP contribution in [-0.2, 0) is 27.1 Å². The molecule has 0 spiro atoms. The molecule has 1 aromatic carbocycles. The summed E-state index contributed by atoms with van der Waals surface area (Å²) in [5, 5.41) is 18.7. The SMILES string of the molecule is CCCCc1c(/C=C/C2=CC(=C(C#N)C#N)OC2(C)C)sc(/C=C/c2ccc(N(CC3CO3)CC3CO3)cc2)c1CCCC. The third kappa shape index (κ3) is 8.10. The number of epoxide rings is 2. The summed E-state index contributed by atoms with van der Waals surface area (Å²) in [7, 11) is 0. The summed E-state index contributed by atoms with van der Waals surface area (Å²) in [6.45, 7) is 12.0. The van der Waals surface area contributed by atoms with E-state index in [1.807, 2.05) is 43.4 Å². The van der Waals surface area contributed by atoms with Crippen molar-refractivity contribution in [3.8, 4) is 12.1 Å². The van der Waals surface area contributed by atoms with Crippen LogP contribution in [-0.4, -0.2) is 44.1 Å². The second-order valence-electron chi connectivity index (χ2n) is 12.2. The lowest BCUT2D eigenvalue weighted by Crippen LogP contribution is -2.31. The van der Waals surface area contributed by atoms with Crippen LogP contribution in [0.5, 0.6) is 0 Å². The molecule has 2 unspecified atom stereocenters. The summed E-state index contributed by atoms with van der Waals surface area (Å²) in [6, 6.07) is 12.7. The van der Waals surface area contributed by atoms with Crippen LogP contribution in [0.4, 0.5) is 5.69 Å². The van der Waals surface area contributed by atoms with Crippen LogP contribution in [0.15, 0.2) is 53.3 Å². The van der Waals surface area contributed by atoms with Crippen LogP contribution in [0.3, 0.4) is 0 Å². The van der Waals surface area contributed by atoms with E-state index in [1.54, 1.807) is 0 Å². The summed E-state index contributed by atoms with van der Waals surface area (Å²) in [5.74, 6) is 0.347. The molecule has 6 nitrogen and oxygen atoms in total. The third-order valence-electron chi connectivity index (χ3n) is 8.31. The number of benzene rings is 1. The van der Waals surface area contributed by atoms with Gasteiger partial charge < -0.3 is 19.1 Å². The summed E-state index contributed by atoms with van der Waals surface area (Å²) in [4.78, 5) is 4.98. The topological polar surface area (TPSA) is 85.1 Å². The number of unbranched alkanes of at least 4 members (excludes halogenated alkanes) is 2. The molecule has 230 valence electrons. The minimum Gasteiger partial charge on any atom is -0.481 e. The Hall–Kier alpha value is -3.62. The first-order valence-corrected chi connectivity index (χ1v) is 16.7. The Morgan fingerprint density at radius 1 is 0.886 bits per heavy atom. The highest BCUT2D eigenvalue weighted by molar-refractivity contribution is 7.14. The Morgan fingerprint density at radius 3 is 1.93 bits per heavy atom. The van der Waals surface area contributed by atoms with E-state index in [1.165, 1.54) is 32.1 Å². The number of ether oxygens (including phenoxy) is 3. The highest BCUT2D eigenvalue weighted by Crippen LogP contribution is 2.38. The van der Waals surface area contributed by atoms with E-state index in [-0.39, 0.29) is 5.57 Å². The molecule has 0 radical (unpaired) electrons. The number of hydrogen-bond acceptors (Lipinski definition) is 7. The third-order valence-corrected chi connectivity index (χ3v) is 9.51. The molecule has 0 aliphatic carbocycles. The van der Waals surface area contributed by atoms with E-state index in [4.69, 9.17) is 14.2 Å². The van der Waals surface area contributed by atoms with Crippen LogP contribution < -0.4 is 4.90 Å². The van der Waals surface area contributed by atoms with Crippen LogP contribution in [0, 0.1) is 22.7 Å². The Balaban J connectivity index is 1.41. The molecule has 2 saturated heterocycles. The molecule has 0 N–H and O–H groups in total. The zero-order valence-electron chi connectivity index (χ0n) is 26.4. The Bertz CT molecular complexity index is 1490. The average Bonchev–Trinajstić information content (AvgIpc) is 3.95. The zero-order valence-corrected chi connectivity index (χ0v) is 27.2. The van der Waals surface area contributed by atoms with Crippen molar-refractivity contribution >= 4 is 35.3 Å². The zero-order chi connectivity index (χ0) is 31.1. The number of nitrogens with zero attached hydrogens (tertiary/aromatic N) is 3. The van der Waals surface area contributed by atoms with Crippen molar-refractivity contribution in [2.24, 2.45) is 0 Å². The fraction of sp³-hybridized carbons (Fsp3) is 0.459. The summed E-state index contributed by atoms with van der Waals surface area (Å²) < 4.78 is 17.0. The van der Waals surface area contributed by atoms with Crippen molar-refractivity contribution in [3.05, 3.63) is 79.8 Å². The second-order valence-corrected chi connectivity index (χ2v) is 13.3. The lowest BCUT2D eigenvalue weighted by molar-refractivity contribution is 0.0959. The Labute approximate surface area is 266 Å². The summed E-state index contributed by atoms with van der Waals surface area (Å²) in [6.07, 6.45) is 18.1. The molecule has 44 heavy (non-hydrogen) atoms. The molecule has 3 aliphatic rings. The number of rotatable bonds is 15. The Kier molecular flexibility index (Phi) is 10.4. The van der Waals surface area contributed by atoms with Crippen LogP contribution in [0.1, 0.15) is 79.8 Å². The largest absolute Gasteiger partial charge is 0.481 e. The molecule has 0 saturated carbocycles. The maximum atomic E-state index is 9.34. The lowest BCUT2D eigenvalue weighted by Gasteiger charge is -2.23. The molecular weight excluding hydrogens is 566 g/mol. The molecule has 5 rings (SSSR count). The molecule has 2 aromatic rings. The molecule has 2 atom stereocenters. The van der Waals surface area contributed by atoms with E-state index in [2.05, 4.69) is 67.3 Å². The van der Waals surface area contributed by atoms with Gasteiger partial charge in [-0.05, 0) is 92.2 Å². The molecular formula is C37H43N3O3S. The summed E-state index contributed by atoms with van der Waals surface area (Å²) in [5.41, 5.74) is 5.65. The summed E-state index contributed by atoms with van der Waals surface area (Å²) >= 11 is 1.85. The number of anilines is 1. The van der Waals surface area contributed by atoms with Crippen molar-refractivity contribution in [2.45, 2.75) is 84.0 Å². The van der Waals surface area contributed by atoms with Crippen molar-refractivity contribution in [3.63, 3.8) is 0 Å². The van der Waals surface area contributed by atoms with Crippen molar-refractivity contribution in [1.29, 1.82) is 10.5 Å².